The Labute approximate surface area is 136 Å². The number of aromatic nitrogens is 1. The number of esters is 1. The molecular weight excluding hydrogens is 321 g/mol. The van der Waals surface area contributed by atoms with Crippen molar-refractivity contribution in [1.82, 2.24) is 4.37 Å². The lowest BCUT2D eigenvalue weighted by Gasteiger charge is -2.14. The minimum Gasteiger partial charge on any atom is -0.449 e. The van der Waals surface area contributed by atoms with Crippen molar-refractivity contribution in [2.75, 3.05) is 17.7 Å². The minimum absolute atomic E-state index is 0.0321. The van der Waals surface area contributed by atoms with E-state index in [1.807, 2.05) is 0 Å². The number of nitrogens with zero attached hydrogens (tertiary/aromatic N) is 1. The van der Waals surface area contributed by atoms with Gasteiger partial charge in [-0.1, -0.05) is 12.1 Å². The molecule has 23 heavy (non-hydrogen) atoms. The van der Waals surface area contributed by atoms with Crippen LogP contribution in [0.25, 0.3) is 0 Å². The molecule has 0 saturated heterocycles. The molecule has 0 aliphatic rings. The summed E-state index contributed by atoms with van der Waals surface area (Å²) in [7, 11) is 1.66. The highest BCUT2D eigenvalue weighted by Crippen LogP contribution is 2.25. The summed E-state index contributed by atoms with van der Waals surface area (Å²) in [6, 6.07) is 5.76. The molecule has 1 amide bonds. The summed E-state index contributed by atoms with van der Waals surface area (Å²) >= 11 is 1.13. The summed E-state index contributed by atoms with van der Waals surface area (Å²) in [6.07, 6.45) is -1.08. The molecule has 122 valence electrons. The van der Waals surface area contributed by atoms with Gasteiger partial charge in [0.1, 0.15) is 16.4 Å². The van der Waals surface area contributed by atoms with E-state index in [1.54, 1.807) is 20.0 Å². The van der Waals surface area contributed by atoms with Crippen LogP contribution in [0.3, 0.4) is 0 Å². The number of para-hydroxylation sites is 1. The van der Waals surface area contributed by atoms with Crippen molar-refractivity contribution < 1.29 is 18.7 Å². The molecule has 0 aliphatic heterocycles. The van der Waals surface area contributed by atoms with Gasteiger partial charge in [0.15, 0.2) is 6.10 Å². The number of carbonyl (C=O) groups is 2. The Bertz CT molecular complexity index is 733. The summed E-state index contributed by atoms with van der Waals surface area (Å²) in [5.41, 5.74) is 0.846. The Hall–Kier alpha value is -2.48. The maximum atomic E-state index is 13.5. The van der Waals surface area contributed by atoms with E-state index in [-0.39, 0.29) is 5.69 Å². The van der Waals surface area contributed by atoms with Gasteiger partial charge in [0.25, 0.3) is 5.91 Å². The van der Waals surface area contributed by atoms with Crippen LogP contribution in [-0.4, -0.2) is 29.4 Å². The quantitative estimate of drug-likeness (QED) is 0.820. The molecule has 2 N–H and O–H groups in total. The number of hydrogen-bond donors (Lipinski definition) is 2. The van der Waals surface area contributed by atoms with Crippen LogP contribution in [0.4, 0.5) is 15.1 Å². The number of hydrogen-bond acceptors (Lipinski definition) is 6. The maximum Gasteiger partial charge on any atom is 0.343 e. The normalized spacial score (nSPS) is 11.7. The number of nitrogens with one attached hydrogen (secondary N) is 2. The molecule has 2 rings (SSSR count). The first-order valence-corrected chi connectivity index (χ1v) is 7.61. The van der Waals surface area contributed by atoms with Crippen LogP contribution >= 0.6 is 11.5 Å². The number of anilines is 2. The van der Waals surface area contributed by atoms with Gasteiger partial charge >= 0.3 is 5.97 Å². The zero-order chi connectivity index (χ0) is 17.0. The maximum absolute atomic E-state index is 13.5. The Morgan fingerprint density at radius 3 is 2.70 bits per heavy atom. The lowest BCUT2D eigenvalue weighted by molar-refractivity contribution is -0.123. The van der Waals surface area contributed by atoms with Crippen LogP contribution in [0.1, 0.15) is 23.0 Å². The molecule has 1 atom stereocenters. The first kappa shape index (κ1) is 16.9. The standard InChI is InChI=1S/C15H16FN3O3S/c1-8-12(14(17-3)23-19-8)15(21)22-9(2)13(20)18-11-7-5-4-6-10(11)16/h4-7,9,17H,1-3H3,(H,18,20)/t9-/m1/s1. The van der Waals surface area contributed by atoms with Crippen LogP contribution in [0, 0.1) is 12.7 Å². The van der Waals surface area contributed by atoms with Crippen molar-refractivity contribution in [3.63, 3.8) is 0 Å². The number of aryl methyl sites for hydroxylation is 1. The number of rotatable bonds is 5. The minimum atomic E-state index is -1.08. The predicted molar refractivity (Wildman–Crippen MR) is 86.3 cm³/mol. The highest BCUT2D eigenvalue weighted by molar-refractivity contribution is 7.10. The number of benzene rings is 1. The zero-order valence-corrected chi connectivity index (χ0v) is 13.7. The molecule has 0 saturated carbocycles. The second-order valence-corrected chi connectivity index (χ2v) is 5.51. The van der Waals surface area contributed by atoms with Gasteiger partial charge in [-0.25, -0.2) is 9.18 Å². The van der Waals surface area contributed by atoms with E-state index in [0.29, 0.717) is 16.3 Å². The third-order valence-corrected chi connectivity index (χ3v) is 4.03. The van der Waals surface area contributed by atoms with Gasteiger partial charge < -0.3 is 15.4 Å². The van der Waals surface area contributed by atoms with Gasteiger partial charge in [0.2, 0.25) is 0 Å². The molecule has 0 fully saturated rings. The summed E-state index contributed by atoms with van der Waals surface area (Å²) in [4.78, 5) is 24.2. The third kappa shape index (κ3) is 3.84. The third-order valence-electron chi connectivity index (χ3n) is 3.08. The van der Waals surface area contributed by atoms with Crippen molar-refractivity contribution in [3.8, 4) is 0 Å². The number of carbonyl (C=O) groups excluding carboxylic acids is 2. The smallest absolute Gasteiger partial charge is 0.343 e. The van der Waals surface area contributed by atoms with Crippen molar-refractivity contribution in [2.45, 2.75) is 20.0 Å². The summed E-state index contributed by atoms with van der Waals surface area (Å²) < 4.78 is 22.7. The van der Waals surface area contributed by atoms with Crippen molar-refractivity contribution in [1.29, 1.82) is 0 Å². The molecule has 1 aromatic heterocycles. The molecule has 6 nitrogen and oxygen atoms in total. The topological polar surface area (TPSA) is 80.3 Å². The first-order valence-electron chi connectivity index (χ1n) is 6.84. The van der Waals surface area contributed by atoms with E-state index >= 15 is 0 Å². The molecule has 0 bridgehead atoms. The monoisotopic (exact) mass is 337 g/mol. The molecule has 1 heterocycles. The fourth-order valence-electron chi connectivity index (χ4n) is 1.85. The number of amides is 1. The number of halogens is 1. The number of ether oxygens (including phenoxy) is 1. The molecule has 2 aromatic rings. The van der Waals surface area contributed by atoms with E-state index < -0.39 is 23.8 Å². The van der Waals surface area contributed by atoms with E-state index in [2.05, 4.69) is 15.0 Å². The van der Waals surface area contributed by atoms with E-state index in [9.17, 15) is 14.0 Å². The van der Waals surface area contributed by atoms with Crippen LogP contribution < -0.4 is 10.6 Å². The molecule has 0 unspecified atom stereocenters. The lowest BCUT2D eigenvalue weighted by Crippen LogP contribution is -2.30. The van der Waals surface area contributed by atoms with Crippen LogP contribution in [-0.2, 0) is 9.53 Å². The van der Waals surface area contributed by atoms with Crippen LogP contribution in [0.2, 0.25) is 0 Å². The second-order valence-electron chi connectivity index (χ2n) is 4.74. The molecule has 1 aromatic carbocycles. The van der Waals surface area contributed by atoms with Gasteiger partial charge in [-0.05, 0) is 37.5 Å². The zero-order valence-electron chi connectivity index (χ0n) is 12.8. The van der Waals surface area contributed by atoms with Gasteiger partial charge in [0.05, 0.1) is 11.4 Å². The first-order chi connectivity index (χ1) is 10.9. The fourth-order valence-corrected chi connectivity index (χ4v) is 2.58. The van der Waals surface area contributed by atoms with Crippen LogP contribution in [0.15, 0.2) is 24.3 Å². The Kier molecular flexibility index (Phi) is 5.28. The summed E-state index contributed by atoms with van der Waals surface area (Å²) in [6.45, 7) is 3.10. The Morgan fingerprint density at radius 1 is 1.35 bits per heavy atom. The van der Waals surface area contributed by atoms with E-state index in [1.165, 1.54) is 25.1 Å². The van der Waals surface area contributed by atoms with Crippen molar-refractivity contribution >= 4 is 34.1 Å². The average molecular weight is 337 g/mol. The predicted octanol–water partition coefficient (Wildman–Crippen LogP) is 2.82. The molecular formula is C15H16FN3O3S. The summed E-state index contributed by atoms with van der Waals surface area (Å²) in [5.74, 6) is -1.83. The van der Waals surface area contributed by atoms with Gasteiger partial charge in [0, 0.05) is 7.05 Å². The summed E-state index contributed by atoms with van der Waals surface area (Å²) in [5, 5.41) is 5.80. The highest BCUT2D eigenvalue weighted by Gasteiger charge is 2.24. The molecule has 8 heteroatoms. The highest BCUT2D eigenvalue weighted by atomic mass is 32.1. The average Bonchev–Trinajstić information content (AvgIpc) is 2.90. The van der Waals surface area contributed by atoms with E-state index in [4.69, 9.17) is 4.74 Å². The lowest BCUT2D eigenvalue weighted by atomic mass is 10.2. The van der Waals surface area contributed by atoms with Gasteiger partial charge in [-0.15, -0.1) is 0 Å². The van der Waals surface area contributed by atoms with Crippen molar-refractivity contribution in [2.24, 2.45) is 0 Å². The van der Waals surface area contributed by atoms with E-state index in [0.717, 1.165) is 11.5 Å². The van der Waals surface area contributed by atoms with Crippen LogP contribution in [0.5, 0.6) is 0 Å². The largest absolute Gasteiger partial charge is 0.449 e. The Morgan fingerprint density at radius 2 is 2.04 bits per heavy atom. The second kappa shape index (κ2) is 7.19. The SMILES string of the molecule is CNc1snc(C)c1C(=O)O[C@H](C)C(=O)Nc1ccccc1F. The molecule has 0 spiro atoms. The van der Waals surface area contributed by atoms with Gasteiger partial charge in [-0.2, -0.15) is 4.37 Å². The van der Waals surface area contributed by atoms with Gasteiger partial charge in [-0.3, -0.25) is 4.79 Å². The Balaban J connectivity index is 2.05. The molecule has 0 aliphatic carbocycles. The molecule has 0 radical (unpaired) electrons. The fraction of sp³-hybridized carbons (Fsp3) is 0.267. The van der Waals surface area contributed by atoms with Crippen molar-refractivity contribution in [3.05, 3.63) is 41.3 Å².